The summed E-state index contributed by atoms with van der Waals surface area (Å²) in [4.78, 5) is 11.7. The molecule has 0 heterocycles. The van der Waals surface area contributed by atoms with Gasteiger partial charge in [0.1, 0.15) is 0 Å². The molecule has 0 aliphatic carbocycles. The van der Waals surface area contributed by atoms with Crippen molar-refractivity contribution in [2.45, 2.75) is 11.8 Å². The number of para-hydroxylation sites is 1. The van der Waals surface area contributed by atoms with Gasteiger partial charge in [0.25, 0.3) is 5.91 Å². The van der Waals surface area contributed by atoms with E-state index in [4.69, 9.17) is 4.74 Å². The molecule has 2 N–H and O–H groups in total. The Morgan fingerprint density at radius 1 is 1.04 bits per heavy atom. The molecule has 0 aliphatic heterocycles. The molecule has 2 rings (SSSR count). The Bertz CT molecular complexity index is 721. The third kappa shape index (κ3) is 4.48. The summed E-state index contributed by atoms with van der Waals surface area (Å²) in [7, 11) is 0. The number of rotatable bonds is 6. The summed E-state index contributed by atoms with van der Waals surface area (Å²) >= 11 is 0. The van der Waals surface area contributed by atoms with Crippen LogP contribution in [0.25, 0.3) is 0 Å². The molecule has 0 radical (unpaired) electrons. The molecule has 0 fully saturated rings. The number of hydrogen-bond acceptors (Lipinski definition) is 3. The summed E-state index contributed by atoms with van der Waals surface area (Å²) in [6.07, 6.45) is -5.01. The van der Waals surface area contributed by atoms with Crippen LogP contribution in [0.5, 0.6) is 5.75 Å². The maximum atomic E-state index is 13.3. The number of aliphatic hydroxyl groups is 1. The normalized spacial score (nSPS) is 13.8. The number of ether oxygens (including phenoxy) is 1. The number of carbonyl (C=O) groups excluding carboxylic acids is 1. The van der Waals surface area contributed by atoms with Crippen molar-refractivity contribution < 1.29 is 32.2 Å². The average Bonchev–Trinajstić information content (AvgIpc) is 2.58. The smallest absolute Gasteiger partial charge is 0.423 e. The Hall–Kier alpha value is -2.61. The van der Waals surface area contributed by atoms with E-state index < -0.39 is 42.2 Å². The van der Waals surface area contributed by atoms with Gasteiger partial charge in [0.05, 0.1) is 6.54 Å². The van der Waals surface area contributed by atoms with E-state index in [1.54, 1.807) is 0 Å². The first kappa shape index (κ1) is 18.7. The van der Waals surface area contributed by atoms with E-state index in [0.717, 1.165) is 18.2 Å². The minimum Gasteiger partial charge on any atom is -0.481 e. The fraction of sp³-hybridized carbons (Fsp3) is 0.235. The van der Waals surface area contributed by atoms with E-state index in [-0.39, 0.29) is 5.75 Å². The van der Waals surface area contributed by atoms with Gasteiger partial charge in [-0.25, -0.2) is 4.39 Å². The zero-order valence-electron chi connectivity index (χ0n) is 12.9. The molecule has 0 saturated heterocycles. The van der Waals surface area contributed by atoms with Gasteiger partial charge in [-0.05, 0) is 17.7 Å². The maximum absolute atomic E-state index is 13.3. The van der Waals surface area contributed by atoms with Crippen LogP contribution in [0.2, 0.25) is 0 Å². The molecule has 2 aromatic rings. The molecule has 0 saturated carbocycles. The maximum Gasteiger partial charge on any atom is 0.423 e. The van der Waals surface area contributed by atoms with Crippen molar-refractivity contribution in [3.05, 3.63) is 66.0 Å². The van der Waals surface area contributed by atoms with Gasteiger partial charge in [0.15, 0.2) is 18.2 Å². The highest BCUT2D eigenvalue weighted by Crippen LogP contribution is 2.38. The number of carbonyl (C=O) groups is 1. The standard InChI is InChI=1S/C17H15F4NO3/c18-13-8-4-5-9-14(13)25-10-15(23)22-11-16(24,17(19,20)21)12-6-2-1-3-7-12/h1-9,24H,10-11H2,(H,22,23)/t16-/m1/s1. The molecule has 0 bridgehead atoms. The SMILES string of the molecule is O=C(COc1ccccc1F)NC[C@@](O)(c1ccccc1)C(F)(F)F. The predicted molar refractivity (Wildman–Crippen MR) is 81.3 cm³/mol. The molecule has 8 heteroatoms. The van der Waals surface area contributed by atoms with Gasteiger partial charge in [-0.2, -0.15) is 13.2 Å². The summed E-state index contributed by atoms with van der Waals surface area (Å²) in [5, 5.41) is 12.0. The van der Waals surface area contributed by atoms with E-state index in [2.05, 4.69) is 0 Å². The fourth-order valence-corrected chi connectivity index (χ4v) is 2.06. The molecule has 0 aromatic heterocycles. The van der Waals surface area contributed by atoms with Crippen LogP contribution in [-0.2, 0) is 10.4 Å². The molecule has 0 aliphatic rings. The highest BCUT2D eigenvalue weighted by molar-refractivity contribution is 5.77. The number of hydrogen-bond donors (Lipinski definition) is 2. The van der Waals surface area contributed by atoms with E-state index >= 15 is 0 Å². The van der Waals surface area contributed by atoms with Crippen LogP contribution in [0, 0.1) is 5.82 Å². The second kappa shape index (κ2) is 7.52. The van der Waals surface area contributed by atoms with Crippen molar-refractivity contribution in [3.63, 3.8) is 0 Å². The van der Waals surface area contributed by atoms with Crippen LogP contribution < -0.4 is 10.1 Å². The van der Waals surface area contributed by atoms with Crippen molar-refractivity contribution in [1.29, 1.82) is 0 Å². The van der Waals surface area contributed by atoms with Crippen molar-refractivity contribution in [2.75, 3.05) is 13.2 Å². The van der Waals surface area contributed by atoms with Gasteiger partial charge < -0.3 is 15.2 Å². The lowest BCUT2D eigenvalue weighted by atomic mass is 9.93. The van der Waals surface area contributed by atoms with E-state index in [0.29, 0.717) is 0 Å². The molecular weight excluding hydrogens is 342 g/mol. The third-order valence-electron chi connectivity index (χ3n) is 3.46. The zero-order chi connectivity index (χ0) is 18.5. The number of nitrogens with one attached hydrogen (secondary N) is 1. The van der Waals surface area contributed by atoms with Crippen molar-refractivity contribution >= 4 is 5.91 Å². The molecule has 4 nitrogen and oxygen atoms in total. The summed E-state index contributed by atoms with van der Waals surface area (Å²) in [6, 6.07) is 11.7. The first-order chi connectivity index (χ1) is 11.7. The summed E-state index contributed by atoms with van der Waals surface area (Å²) in [5.41, 5.74) is -3.65. The minimum absolute atomic E-state index is 0.202. The van der Waals surface area contributed by atoms with Crippen molar-refractivity contribution in [2.24, 2.45) is 0 Å². The number of halogens is 4. The Kier molecular flexibility index (Phi) is 5.63. The Morgan fingerprint density at radius 3 is 2.24 bits per heavy atom. The first-order valence-electron chi connectivity index (χ1n) is 7.23. The molecule has 0 unspecified atom stereocenters. The first-order valence-corrected chi connectivity index (χ1v) is 7.23. The van der Waals surface area contributed by atoms with Gasteiger partial charge in [-0.15, -0.1) is 0 Å². The lowest BCUT2D eigenvalue weighted by molar-refractivity contribution is -0.264. The zero-order valence-corrected chi connectivity index (χ0v) is 12.9. The van der Waals surface area contributed by atoms with Crippen LogP contribution in [0.15, 0.2) is 54.6 Å². The lowest BCUT2D eigenvalue weighted by Gasteiger charge is -2.31. The Balaban J connectivity index is 2.01. The Labute approximate surface area is 141 Å². The second-order valence-corrected chi connectivity index (χ2v) is 5.22. The van der Waals surface area contributed by atoms with E-state index in [1.807, 2.05) is 5.32 Å². The average molecular weight is 357 g/mol. The van der Waals surface area contributed by atoms with E-state index in [1.165, 1.54) is 36.4 Å². The van der Waals surface area contributed by atoms with Crippen LogP contribution in [-0.4, -0.2) is 30.3 Å². The van der Waals surface area contributed by atoms with Crippen molar-refractivity contribution in [3.8, 4) is 5.75 Å². The monoisotopic (exact) mass is 357 g/mol. The summed E-state index contributed by atoms with van der Waals surface area (Å²) < 4.78 is 58.0. The topological polar surface area (TPSA) is 58.6 Å². The molecule has 134 valence electrons. The fourth-order valence-electron chi connectivity index (χ4n) is 2.06. The summed E-state index contributed by atoms with van der Waals surface area (Å²) in [5.74, 6) is -1.83. The van der Waals surface area contributed by atoms with Crippen molar-refractivity contribution in [1.82, 2.24) is 5.32 Å². The van der Waals surface area contributed by atoms with Crippen LogP contribution >= 0.6 is 0 Å². The lowest BCUT2D eigenvalue weighted by Crippen LogP contribution is -2.51. The minimum atomic E-state index is -5.01. The summed E-state index contributed by atoms with van der Waals surface area (Å²) in [6.45, 7) is -1.79. The Morgan fingerprint density at radius 2 is 1.64 bits per heavy atom. The largest absolute Gasteiger partial charge is 0.481 e. The number of benzene rings is 2. The molecule has 1 amide bonds. The second-order valence-electron chi connectivity index (χ2n) is 5.22. The highest BCUT2D eigenvalue weighted by Gasteiger charge is 2.55. The molecule has 1 atom stereocenters. The molecular formula is C17H15F4NO3. The highest BCUT2D eigenvalue weighted by atomic mass is 19.4. The molecule has 25 heavy (non-hydrogen) atoms. The number of alkyl halides is 3. The van der Waals surface area contributed by atoms with Gasteiger partial charge in [0.2, 0.25) is 5.60 Å². The molecule has 0 spiro atoms. The van der Waals surface area contributed by atoms with Crippen LogP contribution in [0.4, 0.5) is 17.6 Å². The number of amides is 1. The van der Waals surface area contributed by atoms with Gasteiger partial charge in [-0.1, -0.05) is 42.5 Å². The molecule has 2 aromatic carbocycles. The van der Waals surface area contributed by atoms with Gasteiger partial charge >= 0.3 is 6.18 Å². The van der Waals surface area contributed by atoms with Crippen LogP contribution in [0.3, 0.4) is 0 Å². The third-order valence-corrected chi connectivity index (χ3v) is 3.46. The van der Waals surface area contributed by atoms with Crippen LogP contribution in [0.1, 0.15) is 5.56 Å². The predicted octanol–water partition coefficient (Wildman–Crippen LogP) is 2.77. The quantitative estimate of drug-likeness (QED) is 0.782. The van der Waals surface area contributed by atoms with Gasteiger partial charge in [0, 0.05) is 0 Å². The van der Waals surface area contributed by atoms with E-state index in [9.17, 15) is 27.5 Å². The van der Waals surface area contributed by atoms with Gasteiger partial charge in [-0.3, -0.25) is 4.79 Å².